The second kappa shape index (κ2) is 5.53. The van der Waals surface area contributed by atoms with E-state index in [2.05, 4.69) is 10.6 Å². The molecular formula is C12H22N2O2. The Morgan fingerprint density at radius 1 is 1.19 bits per heavy atom. The summed E-state index contributed by atoms with van der Waals surface area (Å²) in [6, 6.07) is -0.165. The van der Waals surface area contributed by atoms with Gasteiger partial charge in [-0.15, -0.1) is 0 Å². The lowest BCUT2D eigenvalue weighted by Gasteiger charge is -2.28. The maximum absolute atomic E-state index is 11.5. The van der Waals surface area contributed by atoms with Crippen LogP contribution in [0.15, 0.2) is 0 Å². The normalized spacial score (nSPS) is 29.8. The molecule has 0 spiro atoms. The van der Waals surface area contributed by atoms with E-state index in [0.29, 0.717) is 0 Å². The third-order valence-electron chi connectivity index (χ3n) is 3.58. The van der Waals surface area contributed by atoms with Gasteiger partial charge in [-0.1, -0.05) is 25.7 Å². The number of nitrogens with one attached hydrogen (secondary N) is 2. The van der Waals surface area contributed by atoms with E-state index in [-0.39, 0.29) is 18.2 Å². The van der Waals surface area contributed by atoms with Gasteiger partial charge in [0.2, 0.25) is 0 Å². The lowest BCUT2D eigenvalue weighted by atomic mass is 9.93. The maximum atomic E-state index is 11.5. The molecule has 0 heterocycles. The van der Waals surface area contributed by atoms with Gasteiger partial charge in [0.05, 0.1) is 12.1 Å². The number of urea groups is 1. The van der Waals surface area contributed by atoms with Crippen LogP contribution in [0.5, 0.6) is 0 Å². The van der Waals surface area contributed by atoms with Crippen LogP contribution in [0.4, 0.5) is 4.79 Å². The van der Waals surface area contributed by atoms with Crippen molar-refractivity contribution in [2.24, 2.45) is 5.92 Å². The van der Waals surface area contributed by atoms with Crippen LogP contribution >= 0.6 is 0 Å². The van der Waals surface area contributed by atoms with Gasteiger partial charge in [-0.25, -0.2) is 4.79 Å². The van der Waals surface area contributed by atoms with Gasteiger partial charge in [-0.05, 0) is 25.2 Å². The first-order valence-corrected chi connectivity index (χ1v) is 6.48. The highest BCUT2D eigenvalue weighted by molar-refractivity contribution is 5.74. The Bertz CT molecular complexity index is 241. The molecule has 2 aliphatic carbocycles. The molecule has 2 fully saturated rings. The lowest BCUT2D eigenvalue weighted by Crippen LogP contribution is -2.49. The third-order valence-corrected chi connectivity index (χ3v) is 3.58. The summed E-state index contributed by atoms with van der Waals surface area (Å²) in [6.45, 7) is 0.763. The molecule has 2 amide bonds. The number of aliphatic hydroxyl groups is 1. The van der Waals surface area contributed by atoms with Crippen LogP contribution in [0.2, 0.25) is 0 Å². The topological polar surface area (TPSA) is 61.4 Å². The minimum atomic E-state index is -0.358. The van der Waals surface area contributed by atoms with E-state index in [4.69, 9.17) is 0 Å². The summed E-state index contributed by atoms with van der Waals surface area (Å²) in [5, 5.41) is 15.4. The quantitative estimate of drug-likeness (QED) is 0.678. The van der Waals surface area contributed by atoms with E-state index in [9.17, 15) is 9.90 Å². The Morgan fingerprint density at radius 2 is 1.94 bits per heavy atom. The number of aliphatic hydroxyl groups excluding tert-OH is 1. The van der Waals surface area contributed by atoms with Gasteiger partial charge in [-0.3, -0.25) is 0 Å². The van der Waals surface area contributed by atoms with Crippen molar-refractivity contribution in [3.63, 3.8) is 0 Å². The summed E-state index contributed by atoms with van der Waals surface area (Å²) in [6.07, 6.45) is 7.27. The van der Waals surface area contributed by atoms with Crippen molar-refractivity contribution in [2.45, 2.75) is 57.1 Å². The monoisotopic (exact) mass is 226 g/mol. The highest BCUT2D eigenvalue weighted by Crippen LogP contribution is 2.31. The Labute approximate surface area is 96.8 Å². The number of hydrogen-bond acceptors (Lipinski definition) is 2. The molecule has 0 saturated heterocycles. The van der Waals surface area contributed by atoms with E-state index in [1.54, 1.807) is 0 Å². The number of amides is 2. The predicted molar refractivity (Wildman–Crippen MR) is 62.1 cm³/mol. The molecule has 3 N–H and O–H groups in total. The minimum Gasteiger partial charge on any atom is -0.391 e. The molecule has 0 aromatic carbocycles. The molecule has 16 heavy (non-hydrogen) atoms. The Balaban J connectivity index is 1.60. The fourth-order valence-electron chi connectivity index (χ4n) is 2.30. The summed E-state index contributed by atoms with van der Waals surface area (Å²) < 4.78 is 0. The van der Waals surface area contributed by atoms with Crippen molar-refractivity contribution in [2.75, 3.05) is 6.54 Å². The number of hydrogen-bond donors (Lipinski definition) is 3. The minimum absolute atomic E-state index is 0.0466. The molecule has 2 unspecified atom stereocenters. The predicted octanol–water partition coefficient (Wildman–Crippen LogP) is 1.39. The van der Waals surface area contributed by atoms with Crippen LogP contribution in [0.25, 0.3) is 0 Å². The summed E-state index contributed by atoms with van der Waals surface area (Å²) in [5.74, 6) is 0.848. The van der Waals surface area contributed by atoms with E-state index < -0.39 is 0 Å². The molecule has 0 radical (unpaired) electrons. The van der Waals surface area contributed by atoms with Gasteiger partial charge in [0.15, 0.2) is 0 Å². The molecule has 0 bridgehead atoms. The van der Waals surface area contributed by atoms with Crippen LogP contribution in [-0.4, -0.2) is 29.8 Å². The van der Waals surface area contributed by atoms with Crippen LogP contribution in [0.3, 0.4) is 0 Å². The standard InChI is InChI=1S/C12H22N2O2/c15-11-4-2-1-3-10(11)14-12(16)13-8-7-9-5-6-9/h9-11,15H,1-8H2,(H2,13,14,16). The van der Waals surface area contributed by atoms with E-state index >= 15 is 0 Å². The molecule has 2 rings (SSSR count). The average Bonchev–Trinajstić information content (AvgIpc) is 3.05. The molecule has 2 atom stereocenters. The molecule has 92 valence electrons. The Morgan fingerprint density at radius 3 is 2.62 bits per heavy atom. The van der Waals surface area contributed by atoms with Crippen molar-refractivity contribution < 1.29 is 9.90 Å². The van der Waals surface area contributed by atoms with E-state index in [0.717, 1.165) is 44.6 Å². The zero-order valence-electron chi connectivity index (χ0n) is 9.74. The lowest BCUT2D eigenvalue weighted by molar-refractivity contribution is 0.0943. The van der Waals surface area contributed by atoms with Crippen molar-refractivity contribution >= 4 is 6.03 Å². The first-order chi connectivity index (χ1) is 7.75. The van der Waals surface area contributed by atoms with Crippen LogP contribution < -0.4 is 10.6 Å². The van der Waals surface area contributed by atoms with Crippen LogP contribution in [0.1, 0.15) is 44.9 Å². The SMILES string of the molecule is O=C(NCCC1CC1)NC1CCCCC1O. The highest BCUT2D eigenvalue weighted by atomic mass is 16.3. The average molecular weight is 226 g/mol. The Kier molecular flexibility index (Phi) is 4.04. The largest absolute Gasteiger partial charge is 0.391 e. The van der Waals surface area contributed by atoms with Crippen LogP contribution in [0, 0.1) is 5.92 Å². The van der Waals surface area contributed by atoms with Gasteiger partial charge in [0.25, 0.3) is 0 Å². The fraction of sp³-hybridized carbons (Fsp3) is 0.917. The molecule has 0 aromatic heterocycles. The van der Waals surface area contributed by atoms with Gasteiger partial charge >= 0.3 is 6.03 Å². The van der Waals surface area contributed by atoms with Crippen molar-refractivity contribution in [1.82, 2.24) is 10.6 Å². The van der Waals surface area contributed by atoms with Crippen LogP contribution in [-0.2, 0) is 0 Å². The van der Waals surface area contributed by atoms with Gasteiger partial charge in [-0.2, -0.15) is 0 Å². The third kappa shape index (κ3) is 3.67. The van der Waals surface area contributed by atoms with Gasteiger partial charge in [0, 0.05) is 6.54 Å². The molecule has 0 aromatic rings. The number of carbonyl (C=O) groups is 1. The van der Waals surface area contributed by atoms with Gasteiger partial charge in [0.1, 0.15) is 0 Å². The number of carbonyl (C=O) groups excluding carboxylic acids is 1. The smallest absolute Gasteiger partial charge is 0.315 e. The Hall–Kier alpha value is -0.770. The molecule has 0 aliphatic heterocycles. The van der Waals surface area contributed by atoms with Gasteiger partial charge < -0.3 is 15.7 Å². The molecular weight excluding hydrogens is 204 g/mol. The van der Waals surface area contributed by atoms with Crippen molar-refractivity contribution in [3.05, 3.63) is 0 Å². The van der Waals surface area contributed by atoms with Crippen molar-refractivity contribution in [1.29, 1.82) is 0 Å². The summed E-state index contributed by atoms with van der Waals surface area (Å²) in [4.78, 5) is 11.5. The molecule has 4 heteroatoms. The molecule has 2 aliphatic rings. The second-order valence-electron chi connectivity index (χ2n) is 5.09. The first-order valence-electron chi connectivity index (χ1n) is 6.48. The highest BCUT2D eigenvalue weighted by Gasteiger charge is 2.25. The number of rotatable bonds is 4. The molecule has 2 saturated carbocycles. The second-order valence-corrected chi connectivity index (χ2v) is 5.09. The summed E-state index contributed by atoms with van der Waals surface area (Å²) in [7, 11) is 0. The van der Waals surface area contributed by atoms with E-state index in [1.165, 1.54) is 12.8 Å². The summed E-state index contributed by atoms with van der Waals surface area (Å²) in [5.41, 5.74) is 0. The zero-order chi connectivity index (χ0) is 11.4. The fourth-order valence-corrected chi connectivity index (χ4v) is 2.30. The zero-order valence-corrected chi connectivity index (χ0v) is 9.74. The van der Waals surface area contributed by atoms with E-state index in [1.807, 2.05) is 0 Å². The first kappa shape index (κ1) is 11.7. The molecule has 4 nitrogen and oxygen atoms in total. The van der Waals surface area contributed by atoms with Crippen molar-refractivity contribution in [3.8, 4) is 0 Å². The summed E-state index contributed by atoms with van der Waals surface area (Å²) >= 11 is 0. The maximum Gasteiger partial charge on any atom is 0.315 e.